The largest absolute Gasteiger partial charge is 0.409 e. The Morgan fingerprint density at radius 3 is 2.36 bits per heavy atom. The molecule has 4 nitrogen and oxygen atoms in total. The number of amidine groups is 1. The summed E-state index contributed by atoms with van der Waals surface area (Å²) in [4.78, 5) is 2.20. The average Bonchev–Trinajstić information content (AvgIpc) is 2.09. The average molecular weight is 201 g/mol. The predicted molar refractivity (Wildman–Crippen MR) is 59.6 cm³/mol. The van der Waals surface area contributed by atoms with Crippen LogP contribution in [0.2, 0.25) is 0 Å². The van der Waals surface area contributed by atoms with Gasteiger partial charge in [-0.15, -0.1) is 0 Å². The van der Waals surface area contributed by atoms with Gasteiger partial charge in [0.1, 0.15) is 5.84 Å². The van der Waals surface area contributed by atoms with Crippen LogP contribution in [0.3, 0.4) is 0 Å². The number of hydrogen-bond donors (Lipinski definition) is 2. The maximum absolute atomic E-state index is 8.35. The smallest absolute Gasteiger partial charge is 0.140 e. The van der Waals surface area contributed by atoms with Crippen molar-refractivity contribution in [3.8, 4) is 0 Å². The molecule has 0 amide bonds. The third kappa shape index (κ3) is 7.86. The van der Waals surface area contributed by atoms with Crippen LogP contribution < -0.4 is 5.73 Å². The minimum absolute atomic E-state index is 0.299. The zero-order chi connectivity index (χ0) is 11.2. The lowest BCUT2D eigenvalue weighted by molar-refractivity contribution is 0.267. The second kappa shape index (κ2) is 5.86. The van der Waals surface area contributed by atoms with Gasteiger partial charge in [0.05, 0.1) is 0 Å². The molecule has 0 aromatic rings. The Balaban J connectivity index is 3.61. The van der Waals surface area contributed by atoms with Crippen LogP contribution >= 0.6 is 0 Å². The summed E-state index contributed by atoms with van der Waals surface area (Å²) in [7, 11) is 2.05. The van der Waals surface area contributed by atoms with Crippen LogP contribution in [0.1, 0.15) is 33.6 Å². The summed E-state index contributed by atoms with van der Waals surface area (Å²) < 4.78 is 0. The Morgan fingerprint density at radius 2 is 1.93 bits per heavy atom. The van der Waals surface area contributed by atoms with Gasteiger partial charge in [0.15, 0.2) is 0 Å². The Labute approximate surface area is 86.8 Å². The Hall–Kier alpha value is -0.770. The molecule has 0 aliphatic heterocycles. The monoisotopic (exact) mass is 201 g/mol. The van der Waals surface area contributed by atoms with Gasteiger partial charge in [0.25, 0.3) is 0 Å². The van der Waals surface area contributed by atoms with Crippen LogP contribution in [0.15, 0.2) is 5.16 Å². The van der Waals surface area contributed by atoms with Gasteiger partial charge >= 0.3 is 0 Å². The van der Waals surface area contributed by atoms with Crippen molar-refractivity contribution >= 4 is 5.84 Å². The van der Waals surface area contributed by atoms with E-state index in [4.69, 9.17) is 10.9 Å². The van der Waals surface area contributed by atoms with E-state index in [1.807, 2.05) is 0 Å². The molecule has 0 rings (SSSR count). The lowest BCUT2D eigenvalue weighted by Gasteiger charge is -2.23. The van der Waals surface area contributed by atoms with Gasteiger partial charge in [0.2, 0.25) is 0 Å². The molecule has 4 heteroatoms. The summed E-state index contributed by atoms with van der Waals surface area (Å²) in [6, 6.07) is 0. The molecule has 0 saturated heterocycles. The highest BCUT2D eigenvalue weighted by atomic mass is 16.4. The van der Waals surface area contributed by atoms with Gasteiger partial charge in [-0.3, -0.25) is 0 Å². The Bertz CT molecular complexity index is 184. The molecule has 0 bridgehead atoms. The minimum atomic E-state index is 0.299. The molecule has 84 valence electrons. The molecule has 0 spiro atoms. The lowest BCUT2D eigenvalue weighted by Crippen LogP contribution is -2.27. The van der Waals surface area contributed by atoms with Crippen LogP contribution in [0.4, 0.5) is 0 Å². The van der Waals surface area contributed by atoms with Crippen LogP contribution in [-0.4, -0.2) is 36.1 Å². The molecule has 0 unspecified atom stereocenters. The highest BCUT2D eigenvalue weighted by Crippen LogP contribution is 2.18. The topological polar surface area (TPSA) is 61.8 Å². The molecule has 0 heterocycles. The zero-order valence-corrected chi connectivity index (χ0v) is 9.75. The maximum Gasteiger partial charge on any atom is 0.140 e. The second-order valence-corrected chi connectivity index (χ2v) is 4.96. The van der Waals surface area contributed by atoms with Gasteiger partial charge in [-0.1, -0.05) is 25.9 Å². The summed E-state index contributed by atoms with van der Waals surface area (Å²) in [6.45, 7) is 8.56. The highest BCUT2D eigenvalue weighted by Gasteiger charge is 2.11. The molecule has 0 atom stereocenters. The third-order valence-electron chi connectivity index (χ3n) is 2.12. The van der Waals surface area contributed by atoms with Crippen LogP contribution in [0, 0.1) is 5.41 Å². The minimum Gasteiger partial charge on any atom is -0.409 e. The normalized spacial score (nSPS) is 13.6. The number of nitrogens with two attached hydrogens (primary N) is 1. The van der Waals surface area contributed by atoms with Gasteiger partial charge in [-0.2, -0.15) is 0 Å². The fraction of sp³-hybridized carbons (Fsp3) is 0.900. The highest BCUT2D eigenvalue weighted by molar-refractivity contribution is 5.79. The van der Waals surface area contributed by atoms with Crippen molar-refractivity contribution in [2.45, 2.75) is 33.6 Å². The SMILES string of the molecule is CN(CCC(N)=NO)CCC(C)(C)C. The van der Waals surface area contributed by atoms with Crippen molar-refractivity contribution in [2.75, 3.05) is 20.1 Å². The summed E-state index contributed by atoms with van der Waals surface area (Å²) in [5.74, 6) is 0.299. The van der Waals surface area contributed by atoms with Crippen molar-refractivity contribution in [1.82, 2.24) is 4.90 Å². The van der Waals surface area contributed by atoms with E-state index in [0.29, 0.717) is 17.7 Å². The summed E-state index contributed by atoms with van der Waals surface area (Å²) in [5.41, 5.74) is 5.74. The summed E-state index contributed by atoms with van der Waals surface area (Å²) in [6.07, 6.45) is 1.77. The fourth-order valence-corrected chi connectivity index (χ4v) is 0.993. The van der Waals surface area contributed by atoms with Gasteiger partial charge in [0, 0.05) is 13.0 Å². The van der Waals surface area contributed by atoms with Crippen LogP contribution in [-0.2, 0) is 0 Å². The number of nitrogens with zero attached hydrogens (tertiary/aromatic N) is 2. The molecule has 0 saturated carbocycles. The first-order valence-corrected chi connectivity index (χ1v) is 5.00. The van der Waals surface area contributed by atoms with Crippen molar-refractivity contribution in [1.29, 1.82) is 0 Å². The molecule has 0 fully saturated rings. The van der Waals surface area contributed by atoms with E-state index in [-0.39, 0.29) is 0 Å². The van der Waals surface area contributed by atoms with E-state index in [1.54, 1.807) is 0 Å². The number of rotatable bonds is 5. The molecule has 0 aromatic carbocycles. The first kappa shape index (κ1) is 13.2. The number of oxime groups is 1. The molecular weight excluding hydrogens is 178 g/mol. The molecule has 0 aliphatic carbocycles. The summed E-state index contributed by atoms with van der Waals surface area (Å²) in [5, 5.41) is 11.3. The van der Waals surface area contributed by atoms with E-state index < -0.39 is 0 Å². The van der Waals surface area contributed by atoms with Crippen LogP contribution in [0.5, 0.6) is 0 Å². The summed E-state index contributed by atoms with van der Waals surface area (Å²) >= 11 is 0. The molecule has 0 aromatic heterocycles. The standard InChI is InChI=1S/C10H23N3O/c1-10(2,3)6-8-13(4)7-5-9(11)12-14/h14H,5-8H2,1-4H3,(H2,11,12). The van der Waals surface area contributed by atoms with Crippen molar-refractivity contribution in [3.63, 3.8) is 0 Å². The van der Waals surface area contributed by atoms with Gasteiger partial charge < -0.3 is 15.8 Å². The number of hydrogen-bond acceptors (Lipinski definition) is 3. The quantitative estimate of drug-likeness (QED) is 0.306. The van der Waals surface area contributed by atoms with E-state index in [2.05, 4.69) is 37.9 Å². The predicted octanol–water partition coefficient (Wildman–Crippen LogP) is 1.49. The Morgan fingerprint density at radius 1 is 1.36 bits per heavy atom. The van der Waals surface area contributed by atoms with Crippen LogP contribution in [0.25, 0.3) is 0 Å². The van der Waals surface area contributed by atoms with Gasteiger partial charge in [-0.05, 0) is 25.4 Å². The van der Waals surface area contributed by atoms with E-state index >= 15 is 0 Å². The zero-order valence-electron chi connectivity index (χ0n) is 9.75. The van der Waals surface area contributed by atoms with E-state index in [0.717, 1.165) is 19.5 Å². The maximum atomic E-state index is 8.35. The Kier molecular flexibility index (Phi) is 5.53. The second-order valence-electron chi connectivity index (χ2n) is 4.96. The van der Waals surface area contributed by atoms with Crippen molar-refractivity contribution in [2.24, 2.45) is 16.3 Å². The third-order valence-corrected chi connectivity index (χ3v) is 2.12. The van der Waals surface area contributed by atoms with Crippen molar-refractivity contribution < 1.29 is 5.21 Å². The fourth-order valence-electron chi connectivity index (χ4n) is 0.993. The van der Waals surface area contributed by atoms with Crippen molar-refractivity contribution in [3.05, 3.63) is 0 Å². The first-order chi connectivity index (χ1) is 6.35. The first-order valence-electron chi connectivity index (χ1n) is 5.00. The lowest BCUT2D eigenvalue weighted by atomic mass is 9.92. The molecular formula is C10H23N3O. The van der Waals surface area contributed by atoms with E-state index in [9.17, 15) is 0 Å². The molecule has 0 radical (unpaired) electrons. The molecule has 3 N–H and O–H groups in total. The molecule has 14 heavy (non-hydrogen) atoms. The molecule has 0 aliphatic rings. The van der Waals surface area contributed by atoms with Gasteiger partial charge in [-0.25, -0.2) is 0 Å². The van der Waals surface area contributed by atoms with E-state index in [1.165, 1.54) is 0 Å².